The number of hydrogen-bond acceptors (Lipinski definition) is 6. The Bertz CT molecular complexity index is 1340. The van der Waals surface area contributed by atoms with Crippen LogP contribution in [0.25, 0.3) is 0 Å². The average molecular weight is 602 g/mol. The summed E-state index contributed by atoms with van der Waals surface area (Å²) in [5, 5.41) is 12.1. The van der Waals surface area contributed by atoms with E-state index in [0.29, 0.717) is 69.8 Å². The molecule has 10 nitrogen and oxygen atoms in total. The number of hydrogen-bond donors (Lipinski definition) is 4. The van der Waals surface area contributed by atoms with Crippen molar-refractivity contribution in [3.63, 3.8) is 0 Å². The number of anilines is 2. The van der Waals surface area contributed by atoms with Crippen LogP contribution in [0.15, 0.2) is 66.7 Å². The SMILES string of the molecule is CC(=O)Nc1ccc(NC(=O)CN2CC[C@H]3NC(=O)[C@@H](Cc4ccccc4)NC(=O)C4(CC=CC[C@H]3C2)CCOCC4)cc1. The zero-order chi connectivity index (χ0) is 30.9. The van der Waals surface area contributed by atoms with Crippen LogP contribution in [0, 0.1) is 11.3 Å². The molecule has 3 aliphatic heterocycles. The number of allylic oxidation sites excluding steroid dienone is 2. The third kappa shape index (κ3) is 8.33. The Balaban J connectivity index is 1.27. The van der Waals surface area contributed by atoms with Crippen molar-refractivity contribution in [2.24, 2.45) is 11.3 Å². The average Bonchev–Trinajstić information content (AvgIpc) is 3.01. The van der Waals surface area contributed by atoms with Crippen molar-refractivity contribution in [2.75, 3.05) is 43.5 Å². The molecule has 0 radical (unpaired) electrons. The molecule has 4 N–H and O–H groups in total. The number of benzene rings is 2. The minimum atomic E-state index is -0.686. The van der Waals surface area contributed by atoms with Gasteiger partial charge in [0.05, 0.1) is 12.0 Å². The Labute approximate surface area is 259 Å². The maximum absolute atomic E-state index is 13.8. The molecule has 2 aromatic rings. The zero-order valence-corrected chi connectivity index (χ0v) is 25.3. The molecule has 0 bridgehead atoms. The monoisotopic (exact) mass is 601 g/mol. The van der Waals surface area contributed by atoms with Crippen LogP contribution in [0.3, 0.4) is 0 Å². The van der Waals surface area contributed by atoms with Crippen molar-refractivity contribution in [1.29, 1.82) is 0 Å². The van der Waals surface area contributed by atoms with E-state index in [0.717, 1.165) is 12.0 Å². The lowest BCUT2D eigenvalue weighted by Crippen LogP contribution is -2.58. The summed E-state index contributed by atoms with van der Waals surface area (Å²) in [5.74, 6) is -0.396. The number of fused-ring (bicyclic) bond motifs is 1. The number of likely N-dealkylation sites (tertiary alicyclic amines) is 1. The molecule has 3 heterocycles. The second kappa shape index (κ2) is 14.6. The van der Waals surface area contributed by atoms with E-state index < -0.39 is 11.5 Å². The molecular weight excluding hydrogens is 558 g/mol. The minimum absolute atomic E-state index is 0.0700. The van der Waals surface area contributed by atoms with E-state index in [-0.39, 0.29) is 42.1 Å². The number of nitrogens with zero attached hydrogens (tertiary/aromatic N) is 1. The summed E-state index contributed by atoms with van der Waals surface area (Å²) in [4.78, 5) is 53.8. The highest BCUT2D eigenvalue weighted by Gasteiger charge is 2.41. The molecule has 3 atom stereocenters. The summed E-state index contributed by atoms with van der Waals surface area (Å²) < 4.78 is 5.60. The number of rotatable bonds is 6. The Morgan fingerprint density at radius 2 is 1.66 bits per heavy atom. The molecule has 0 unspecified atom stereocenters. The smallest absolute Gasteiger partial charge is 0.243 e. The lowest BCUT2D eigenvalue weighted by Gasteiger charge is -2.40. The van der Waals surface area contributed by atoms with E-state index in [1.807, 2.05) is 30.3 Å². The van der Waals surface area contributed by atoms with Crippen LogP contribution in [0.5, 0.6) is 0 Å². The lowest BCUT2D eigenvalue weighted by atomic mass is 9.75. The summed E-state index contributed by atoms with van der Waals surface area (Å²) in [6.45, 7) is 4.07. The van der Waals surface area contributed by atoms with Crippen LogP contribution in [0.2, 0.25) is 0 Å². The molecular formula is C34H43N5O5. The molecule has 44 heavy (non-hydrogen) atoms. The molecule has 1 spiro atoms. The largest absolute Gasteiger partial charge is 0.381 e. The highest BCUT2D eigenvalue weighted by molar-refractivity contribution is 5.93. The first kappa shape index (κ1) is 31.4. The van der Waals surface area contributed by atoms with Gasteiger partial charge in [0.2, 0.25) is 23.6 Å². The van der Waals surface area contributed by atoms with Gasteiger partial charge in [0.15, 0.2) is 0 Å². The number of carbonyl (C=O) groups excluding carboxylic acids is 4. The Hall–Kier alpha value is -4.02. The number of ether oxygens (including phenoxy) is 1. The van der Waals surface area contributed by atoms with Crippen molar-refractivity contribution in [2.45, 2.75) is 57.5 Å². The fourth-order valence-electron chi connectivity index (χ4n) is 6.44. The Morgan fingerprint density at radius 1 is 0.955 bits per heavy atom. The highest BCUT2D eigenvalue weighted by atomic mass is 16.5. The fraction of sp³-hybridized carbons (Fsp3) is 0.471. The van der Waals surface area contributed by atoms with Gasteiger partial charge in [-0.15, -0.1) is 0 Å². The van der Waals surface area contributed by atoms with Gasteiger partial charge in [-0.1, -0.05) is 42.5 Å². The molecule has 5 rings (SSSR count). The van der Waals surface area contributed by atoms with Gasteiger partial charge in [0, 0.05) is 57.1 Å². The van der Waals surface area contributed by atoms with Gasteiger partial charge in [-0.3, -0.25) is 24.1 Å². The number of nitrogens with one attached hydrogen (secondary N) is 4. The van der Waals surface area contributed by atoms with Crippen LogP contribution in [-0.4, -0.2) is 73.5 Å². The molecule has 10 heteroatoms. The van der Waals surface area contributed by atoms with Crippen LogP contribution >= 0.6 is 0 Å². The van der Waals surface area contributed by atoms with Crippen LogP contribution in [0.4, 0.5) is 11.4 Å². The predicted molar refractivity (Wildman–Crippen MR) is 169 cm³/mol. The first-order valence-electron chi connectivity index (χ1n) is 15.6. The maximum Gasteiger partial charge on any atom is 0.243 e. The molecule has 4 amide bonds. The maximum atomic E-state index is 13.8. The Morgan fingerprint density at radius 3 is 2.36 bits per heavy atom. The topological polar surface area (TPSA) is 129 Å². The second-order valence-corrected chi connectivity index (χ2v) is 12.2. The third-order valence-corrected chi connectivity index (χ3v) is 8.95. The van der Waals surface area contributed by atoms with Crippen LogP contribution < -0.4 is 21.3 Å². The Kier molecular flexibility index (Phi) is 10.4. The lowest BCUT2D eigenvalue weighted by molar-refractivity contribution is -0.140. The summed E-state index contributed by atoms with van der Waals surface area (Å²) in [5.41, 5.74) is 1.72. The predicted octanol–water partition coefficient (Wildman–Crippen LogP) is 3.26. The third-order valence-electron chi connectivity index (χ3n) is 8.95. The number of amides is 4. The summed E-state index contributed by atoms with van der Waals surface area (Å²) in [7, 11) is 0. The first-order valence-corrected chi connectivity index (χ1v) is 15.6. The van der Waals surface area contributed by atoms with E-state index in [4.69, 9.17) is 4.74 Å². The van der Waals surface area contributed by atoms with E-state index in [9.17, 15) is 19.2 Å². The van der Waals surface area contributed by atoms with Crippen molar-refractivity contribution >= 4 is 35.0 Å². The zero-order valence-electron chi connectivity index (χ0n) is 25.3. The van der Waals surface area contributed by atoms with E-state index in [1.165, 1.54) is 6.92 Å². The molecule has 0 saturated carbocycles. The summed E-state index contributed by atoms with van der Waals surface area (Å²) in [6.07, 6.45) is 7.96. The molecule has 2 saturated heterocycles. The minimum Gasteiger partial charge on any atom is -0.381 e. The molecule has 0 aromatic heterocycles. The van der Waals surface area contributed by atoms with Gasteiger partial charge < -0.3 is 26.0 Å². The van der Waals surface area contributed by atoms with E-state index in [2.05, 4.69) is 38.3 Å². The standard InChI is InChI=1S/C34H43N5O5/c1-24(40)35-27-10-12-28(13-11-27)36-31(41)23-39-18-14-29-26(22-39)9-5-6-15-34(16-19-44-20-17-34)33(43)38-30(32(42)37-29)21-25-7-3-2-4-8-25/h2-8,10-13,26,29-30H,9,14-23H2,1H3,(H,35,40)(H,36,41)(H,37,42)(H,38,43)/t26-,29+,30+/m0/s1. The van der Waals surface area contributed by atoms with Crippen molar-refractivity contribution in [3.8, 4) is 0 Å². The highest BCUT2D eigenvalue weighted by Crippen LogP contribution is 2.36. The van der Waals surface area contributed by atoms with Gasteiger partial charge in [-0.25, -0.2) is 0 Å². The van der Waals surface area contributed by atoms with Gasteiger partial charge in [-0.2, -0.15) is 0 Å². The second-order valence-electron chi connectivity index (χ2n) is 12.2. The van der Waals surface area contributed by atoms with Crippen molar-refractivity contribution < 1.29 is 23.9 Å². The fourth-order valence-corrected chi connectivity index (χ4v) is 6.44. The molecule has 3 aliphatic rings. The molecule has 234 valence electrons. The summed E-state index contributed by atoms with van der Waals surface area (Å²) in [6, 6.07) is 16.1. The van der Waals surface area contributed by atoms with Crippen molar-refractivity contribution in [1.82, 2.24) is 15.5 Å². The normalized spacial score (nSPS) is 24.2. The first-order chi connectivity index (χ1) is 21.3. The van der Waals surface area contributed by atoms with Crippen LogP contribution in [0.1, 0.15) is 44.6 Å². The van der Waals surface area contributed by atoms with Gasteiger partial charge in [-0.05, 0) is 67.9 Å². The van der Waals surface area contributed by atoms with Crippen molar-refractivity contribution in [3.05, 3.63) is 72.3 Å². The molecule has 0 aliphatic carbocycles. The van der Waals surface area contributed by atoms with E-state index >= 15 is 0 Å². The molecule has 2 fully saturated rings. The number of piperidine rings is 1. The van der Waals surface area contributed by atoms with E-state index in [1.54, 1.807) is 24.3 Å². The number of carbonyl (C=O) groups is 4. The van der Waals surface area contributed by atoms with Gasteiger partial charge in [0.25, 0.3) is 0 Å². The summed E-state index contributed by atoms with van der Waals surface area (Å²) >= 11 is 0. The molecule has 2 aromatic carbocycles. The van der Waals surface area contributed by atoms with Gasteiger partial charge in [0.1, 0.15) is 6.04 Å². The van der Waals surface area contributed by atoms with Crippen LogP contribution in [-0.2, 0) is 30.3 Å². The van der Waals surface area contributed by atoms with Gasteiger partial charge >= 0.3 is 0 Å². The quantitative estimate of drug-likeness (QED) is 0.377.